The summed E-state index contributed by atoms with van der Waals surface area (Å²) in [5.74, 6) is -1.40. The highest BCUT2D eigenvalue weighted by Crippen LogP contribution is 2.06. The summed E-state index contributed by atoms with van der Waals surface area (Å²) >= 11 is 3.92. The molecule has 0 unspecified atom stereocenters. The van der Waals surface area contributed by atoms with Crippen LogP contribution in [0.4, 0.5) is 4.79 Å². The van der Waals surface area contributed by atoms with Crippen LogP contribution in [-0.2, 0) is 19.1 Å². The largest absolute Gasteiger partial charge is 0.467 e. The lowest BCUT2D eigenvalue weighted by molar-refractivity contribution is -0.144. The molecule has 9 heteroatoms. The Morgan fingerprint density at radius 1 is 1.19 bits per heavy atom. The molecule has 0 aliphatic heterocycles. The Balaban J connectivity index is 4.62. The summed E-state index contributed by atoms with van der Waals surface area (Å²) in [4.78, 5) is 34.8. The summed E-state index contributed by atoms with van der Waals surface area (Å²) in [5.41, 5.74) is -0.736. The number of rotatable bonds is 6. The van der Waals surface area contributed by atoms with Crippen molar-refractivity contribution in [3.8, 4) is 0 Å². The van der Waals surface area contributed by atoms with Gasteiger partial charge in [0.2, 0.25) is 5.91 Å². The Kier molecular flexibility index (Phi) is 8.11. The lowest BCUT2D eigenvalue weighted by Crippen LogP contribution is -2.54. The molecule has 2 amide bonds. The predicted molar refractivity (Wildman–Crippen MR) is 78.0 cm³/mol. The number of carbonyl (C=O) groups excluding carboxylic acids is 3. The molecule has 0 aromatic heterocycles. The predicted octanol–water partition coefficient (Wildman–Crippen LogP) is -0.540. The second-order valence-electron chi connectivity index (χ2n) is 5.15. The van der Waals surface area contributed by atoms with Crippen LogP contribution in [0.1, 0.15) is 20.8 Å². The molecule has 3 N–H and O–H groups in total. The topological polar surface area (TPSA) is 114 Å². The van der Waals surface area contributed by atoms with E-state index in [-0.39, 0.29) is 5.75 Å². The van der Waals surface area contributed by atoms with E-state index in [1.807, 2.05) is 0 Å². The summed E-state index contributed by atoms with van der Waals surface area (Å²) in [6, 6.07) is -2.22. The normalized spacial score (nSPS) is 13.8. The maximum absolute atomic E-state index is 11.9. The summed E-state index contributed by atoms with van der Waals surface area (Å²) in [6.07, 6.45) is -0.850. The van der Waals surface area contributed by atoms with E-state index in [1.54, 1.807) is 20.8 Å². The first-order valence-electron chi connectivity index (χ1n) is 6.24. The van der Waals surface area contributed by atoms with Gasteiger partial charge in [-0.05, 0) is 20.8 Å². The highest BCUT2D eigenvalue weighted by Gasteiger charge is 2.27. The first kappa shape index (κ1) is 19.5. The van der Waals surface area contributed by atoms with Gasteiger partial charge < -0.3 is 25.2 Å². The van der Waals surface area contributed by atoms with E-state index in [9.17, 15) is 14.4 Å². The van der Waals surface area contributed by atoms with E-state index in [0.29, 0.717) is 0 Å². The standard InChI is InChI=1S/C12H22N2O6S/c1-12(2,3)20-11(18)14-7(5-15)9(16)13-8(6-21)10(17)19-4/h7-8,15,21H,5-6H2,1-4H3,(H,13,16)(H,14,18)/t7-,8+/m0/s1. The lowest BCUT2D eigenvalue weighted by Gasteiger charge is -2.23. The van der Waals surface area contributed by atoms with Gasteiger partial charge in [-0.25, -0.2) is 9.59 Å². The maximum atomic E-state index is 11.9. The molecule has 0 rings (SSSR count). The fourth-order valence-corrected chi connectivity index (χ4v) is 1.48. The van der Waals surface area contributed by atoms with Crippen LogP contribution in [0.15, 0.2) is 0 Å². The minimum atomic E-state index is -1.24. The van der Waals surface area contributed by atoms with Crippen molar-refractivity contribution in [2.24, 2.45) is 0 Å². The molecule has 122 valence electrons. The van der Waals surface area contributed by atoms with E-state index in [4.69, 9.17) is 9.84 Å². The van der Waals surface area contributed by atoms with Crippen LogP contribution in [0, 0.1) is 0 Å². The molecule has 0 aromatic carbocycles. The van der Waals surface area contributed by atoms with Crippen molar-refractivity contribution in [2.45, 2.75) is 38.5 Å². The van der Waals surface area contributed by atoms with Gasteiger partial charge in [-0.3, -0.25) is 4.79 Å². The van der Waals surface area contributed by atoms with Crippen molar-refractivity contribution in [2.75, 3.05) is 19.5 Å². The van der Waals surface area contributed by atoms with Gasteiger partial charge in [0.1, 0.15) is 17.7 Å². The Bertz CT molecular complexity index is 382. The molecule has 2 atom stereocenters. The van der Waals surface area contributed by atoms with Crippen molar-refractivity contribution in [3.63, 3.8) is 0 Å². The lowest BCUT2D eigenvalue weighted by atomic mass is 10.2. The van der Waals surface area contributed by atoms with E-state index in [1.165, 1.54) is 7.11 Å². The molecular formula is C12H22N2O6S. The van der Waals surface area contributed by atoms with Crippen LogP contribution in [0.3, 0.4) is 0 Å². The first-order chi connectivity index (χ1) is 9.64. The average molecular weight is 322 g/mol. The van der Waals surface area contributed by atoms with Gasteiger partial charge >= 0.3 is 12.1 Å². The van der Waals surface area contributed by atoms with Gasteiger partial charge in [-0.1, -0.05) is 0 Å². The zero-order valence-electron chi connectivity index (χ0n) is 12.5. The summed E-state index contributed by atoms with van der Waals surface area (Å²) in [6.45, 7) is 4.34. The molecule has 0 saturated heterocycles. The van der Waals surface area contributed by atoms with Crippen LogP contribution in [0.2, 0.25) is 0 Å². The van der Waals surface area contributed by atoms with Gasteiger partial charge in [0.15, 0.2) is 0 Å². The number of methoxy groups -OCH3 is 1. The first-order valence-corrected chi connectivity index (χ1v) is 6.87. The van der Waals surface area contributed by atoms with Crippen LogP contribution < -0.4 is 10.6 Å². The second-order valence-corrected chi connectivity index (χ2v) is 5.51. The Morgan fingerprint density at radius 2 is 1.76 bits per heavy atom. The summed E-state index contributed by atoms with van der Waals surface area (Å²) in [5, 5.41) is 13.7. The minimum absolute atomic E-state index is 0.0169. The van der Waals surface area contributed by atoms with Crippen molar-refractivity contribution in [1.82, 2.24) is 10.6 Å². The highest BCUT2D eigenvalue weighted by molar-refractivity contribution is 7.80. The number of aliphatic hydroxyl groups is 1. The molecule has 8 nitrogen and oxygen atoms in total. The smallest absolute Gasteiger partial charge is 0.408 e. The molecule has 21 heavy (non-hydrogen) atoms. The van der Waals surface area contributed by atoms with Crippen LogP contribution in [0.5, 0.6) is 0 Å². The minimum Gasteiger partial charge on any atom is -0.467 e. The third-order valence-corrected chi connectivity index (χ3v) is 2.54. The van der Waals surface area contributed by atoms with Gasteiger partial charge in [0.05, 0.1) is 13.7 Å². The molecule has 0 aliphatic carbocycles. The SMILES string of the molecule is COC(=O)[C@@H](CS)NC(=O)[C@H](CO)NC(=O)OC(C)(C)C. The Labute approximate surface area is 129 Å². The van der Waals surface area contributed by atoms with Crippen LogP contribution in [-0.4, -0.2) is 60.2 Å². The summed E-state index contributed by atoms with van der Waals surface area (Å²) in [7, 11) is 1.17. The van der Waals surface area contributed by atoms with Gasteiger partial charge in [0, 0.05) is 5.75 Å². The van der Waals surface area contributed by atoms with Crippen LogP contribution in [0.25, 0.3) is 0 Å². The third kappa shape index (κ3) is 7.76. The fraction of sp³-hybridized carbons (Fsp3) is 0.750. The third-order valence-electron chi connectivity index (χ3n) is 2.17. The van der Waals surface area contributed by atoms with Crippen LogP contribution >= 0.6 is 12.6 Å². The number of nitrogens with one attached hydrogen (secondary N) is 2. The number of aliphatic hydroxyl groups excluding tert-OH is 1. The molecule has 0 heterocycles. The maximum Gasteiger partial charge on any atom is 0.408 e. The number of esters is 1. The van der Waals surface area contributed by atoms with Crippen molar-refractivity contribution in [1.29, 1.82) is 0 Å². The zero-order valence-corrected chi connectivity index (χ0v) is 13.4. The number of hydrogen-bond acceptors (Lipinski definition) is 7. The Morgan fingerprint density at radius 3 is 2.14 bits per heavy atom. The molecule has 0 radical (unpaired) electrons. The van der Waals surface area contributed by atoms with Gasteiger partial charge in [-0.2, -0.15) is 12.6 Å². The van der Waals surface area contributed by atoms with E-state index < -0.39 is 42.3 Å². The second kappa shape index (κ2) is 8.73. The average Bonchev–Trinajstić information content (AvgIpc) is 2.38. The van der Waals surface area contributed by atoms with E-state index in [2.05, 4.69) is 28.0 Å². The molecule has 0 saturated carbocycles. The monoisotopic (exact) mass is 322 g/mol. The summed E-state index contributed by atoms with van der Waals surface area (Å²) < 4.78 is 9.46. The Hall–Kier alpha value is -1.48. The zero-order chi connectivity index (χ0) is 16.6. The fourth-order valence-electron chi connectivity index (χ4n) is 1.24. The van der Waals surface area contributed by atoms with Crippen molar-refractivity contribution >= 4 is 30.6 Å². The van der Waals surface area contributed by atoms with E-state index in [0.717, 1.165) is 0 Å². The number of ether oxygens (including phenoxy) is 2. The molecule has 0 bridgehead atoms. The van der Waals surface area contributed by atoms with Crippen molar-refractivity contribution in [3.05, 3.63) is 0 Å². The number of hydrogen-bond donors (Lipinski definition) is 4. The number of alkyl carbamates (subject to hydrolysis) is 1. The molecule has 0 spiro atoms. The quantitative estimate of drug-likeness (QED) is 0.386. The molecule has 0 aliphatic rings. The number of amides is 2. The highest BCUT2D eigenvalue weighted by atomic mass is 32.1. The van der Waals surface area contributed by atoms with E-state index >= 15 is 0 Å². The molecule has 0 fully saturated rings. The van der Waals surface area contributed by atoms with Crippen molar-refractivity contribution < 1.29 is 29.0 Å². The molecule has 0 aromatic rings. The van der Waals surface area contributed by atoms with Gasteiger partial charge in [0.25, 0.3) is 0 Å². The number of thiol groups is 1. The molecular weight excluding hydrogens is 300 g/mol. The number of carbonyl (C=O) groups is 3. The van der Waals surface area contributed by atoms with Gasteiger partial charge in [-0.15, -0.1) is 0 Å².